The molecule has 1 aliphatic rings. The van der Waals surface area contributed by atoms with Crippen LogP contribution in [0, 0.1) is 0 Å². The summed E-state index contributed by atoms with van der Waals surface area (Å²) in [4.78, 5) is 30.1. The number of ether oxygens (including phenoxy) is 1. The summed E-state index contributed by atoms with van der Waals surface area (Å²) in [6, 6.07) is 16.5. The molecule has 0 spiro atoms. The first-order valence-electron chi connectivity index (χ1n) is 9.04. The Hall–Kier alpha value is -2.44. The Morgan fingerprint density at radius 3 is 2.70 bits per heavy atom. The highest BCUT2D eigenvalue weighted by Crippen LogP contribution is 2.22. The lowest BCUT2D eigenvalue weighted by atomic mass is 10.2. The van der Waals surface area contributed by atoms with E-state index in [1.807, 2.05) is 36.4 Å². The zero-order valence-electron chi connectivity index (χ0n) is 14.8. The SMILES string of the molecule is O=C(CSc1nc2ccccc2c(=O)n1C[C@@H]1CCCO1)c1ccccc1. The Morgan fingerprint density at radius 2 is 1.93 bits per heavy atom. The number of para-hydroxylation sites is 1. The van der Waals surface area contributed by atoms with Crippen LogP contribution in [0.1, 0.15) is 23.2 Å². The molecule has 0 N–H and O–H groups in total. The van der Waals surface area contributed by atoms with Crippen LogP contribution in [0.3, 0.4) is 0 Å². The highest BCUT2D eigenvalue weighted by atomic mass is 32.2. The van der Waals surface area contributed by atoms with Crippen LogP contribution in [0.15, 0.2) is 64.5 Å². The number of nitrogens with zero attached hydrogens (tertiary/aromatic N) is 2. The molecule has 0 unspecified atom stereocenters. The molecule has 6 heteroatoms. The van der Waals surface area contributed by atoms with Crippen molar-refractivity contribution in [3.8, 4) is 0 Å². The van der Waals surface area contributed by atoms with Gasteiger partial charge in [0.1, 0.15) is 0 Å². The van der Waals surface area contributed by atoms with E-state index in [9.17, 15) is 9.59 Å². The minimum absolute atomic E-state index is 0.0201. The van der Waals surface area contributed by atoms with Gasteiger partial charge in [0, 0.05) is 12.2 Å². The summed E-state index contributed by atoms with van der Waals surface area (Å²) >= 11 is 1.31. The maximum absolute atomic E-state index is 13.0. The molecular formula is C21H20N2O3S. The minimum Gasteiger partial charge on any atom is -0.376 e. The van der Waals surface area contributed by atoms with E-state index in [4.69, 9.17) is 4.74 Å². The van der Waals surface area contributed by atoms with Crippen LogP contribution < -0.4 is 5.56 Å². The minimum atomic E-state index is -0.0780. The van der Waals surface area contributed by atoms with Crippen molar-refractivity contribution in [2.75, 3.05) is 12.4 Å². The number of Topliss-reactive ketones (excluding diaryl/α,β-unsaturated/α-hetero) is 1. The van der Waals surface area contributed by atoms with Crippen LogP contribution in [-0.4, -0.2) is 33.8 Å². The topological polar surface area (TPSA) is 61.2 Å². The molecule has 27 heavy (non-hydrogen) atoms. The second kappa shape index (κ2) is 8.06. The summed E-state index contributed by atoms with van der Waals surface area (Å²) in [6.45, 7) is 1.20. The molecule has 138 valence electrons. The van der Waals surface area contributed by atoms with Crippen LogP contribution in [0.25, 0.3) is 10.9 Å². The van der Waals surface area contributed by atoms with Gasteiger partial charge in [0.2, 0.25) is 0 Å². The van der Waals surface area contributed by atoms with Crippen LogP contribution in [0.2, 0.25) is 0 Å². The fraction of sp³-hybridized carbons (Fsp3) is 0.286. The zero-order chi connectivity index (χ0) is 18.6. The van der Waals surface area contributed by atoms with E-state index in [1.54, 1.807) is 22.8 Å². The summed E-state index contributed by atoms with van der Waals surface area (Å²) < 4.78 is 7.38. The predicted molar refractivity (Wildman–Crippen MR) is 106 cm³/mol. The molecule has 1 saturated heterocycles. The third-order valence-corrected chi connectivity index (χ3v) is 5.64. The fourth-order valence-electron chi connectivity index (χ4n) is 3.25. The number of aromatic nitrogens is 2. The first-order chi connectivity index (χ1) is 13.2. The van der Waals surface area contributed by atoms with Crippen molar-refractivity contribution < 1.29 is 9.53 Å². The summed E-state index contributed by atoms with van der Waals surface area (Å²) in [7, 11) is 0. The number of carbonyl (C=O) groups excluding carboxylic acids is 1. The molecule has 0 aliphatic carbocycles. The van der Waals surface area contributed by atoms with Gasteiger partial charge in [-0.15, -0.1) is 0 Å². The summed E-state index contributed by atoms with van der Waals surface area (Å²) in [5.74, 6) is 0.256. The molecule has 5 nitrogen and oxygen atoms in total. The summed E-state index contributed by atoms with van der Waals surface area (Å²) in [6.07, 6.45) is 1.97. The predicted octanol–water partition coefficient (Wildman–Crippen LogP) is 3.55. The van der Waals surface area contributed by atoms with Crippen molar-refractivity contribution in [2.24, 2.45) is 0 Å². The van der Waals surface area contributed by atoms with E-state index in [1.165, 1.54) is 11.8 Å². The lowest BCUT2D eigenvalue weighted by Crippen LogP contribution is -2.29. The largest absolute Gasteiger partial charge is 0.376 e. The number of hydrogen-bond acceptors (Lipinski definition) is 5. The maximum Gasteiger partial charge on any atom is 0.262 e. The van der Waals surface area contributed by atoms with Crippen molar-refractivity contribution >= 4 is 28.4 Å². The number of rotatable bonds is 6. The van der Waals surface area contributed by atoms with Gasteiger partial charge in [0.15, 0.2) is 10.9 Å². The van der Waals surface area contributed by atoms with Gasteiger partial charge in [-0.25, -0.2) is 4.98 Å². The van der Waals surface area contributed by atoms with E-state index in [-0.39, 0.29) is 23.2 Å². The second-order valence-corrected chi connectivity index (χ2v) is 7.48. The average molecular weight is 380 g/mol. The number of carbonyl (C=O) groups is 1. The Bertz CT molecular complexity index is 1010. The Kier molecular flexibility index (Phi) is 5.36. The van der Waals surface area contributed by atoms with Crippen LogP contribution in [0.5, 0.6) is 0 Å². The first kappa shape index (κ1) is 17.9. The first-order valence-corrected chi connectivity index (χ1v) is 10.0. The Balaban J connectivity index is 1.65. The van der Waals surface area contributed by atoms with Gasteiger partial charge in [-0.05, 0) is 25.0 Å². The van der Waals surface area contributed by atoms with Crippen molar-refractivity contribution in [2.45, 2.75) is 30.6 Å². The van der Waals surface area contributed by atoms with E-state index < -0.39 is 0 Å². The van der Waals surface area contributed by atoms with Crippen molar-refractivity contribution in [1.29, 1.82) is 0 Å². The quantitative estimate of drug-likeness (QED) is 0.372. The monoisotopic (exact) mass is 380 g/mol. The number of thioether (sulfide) groups is 1. The number of ketones is 1. The van der Waals surface area contributed by atoms with E-state index in [2.05, 4.69) is 4.98 Å². The van der Waals surface area contributed by atoms with Gasteiger partial charge in [0.05, 0.1) is 29.3 Å². The molecule has 0 saturated carbocycles. The summed E-state index contributed by atoms with van der Waals surface area (Å²) in [5.41, 5.74) is 1.24. The molecule has 1 atom stereocenters. The van der Waals surface area contributed by atoms with E-state index >= 15 is 0 Å². The van der Waals surface area contributed by atoms with E-state index in [0.29, 0.717) is 28.2 Å². The Morgan fingerprint density at radius 1 is 1.15 bits per heavy atom. The molecular weight excluding hydrogens is 360 g/mol. The molecule has 0 amide bonds. The molecule has 0 bridgehead atoms. The van der Waals surface area contributed by atoms with Gasteiger partial charge < -0.3 is 4.74 Å². The number of hydrogen-bond donors (Lipinski definition) is 0. The normalized spacial score (nSPS) is 16.7. The third kappa shape index (κ3) is 3.96. The molecule has 2 aromatic carbocycles. The molecule has 4 rings (SSSR count). The van der Waals surface area contributed by atoms with Crippen molar-refractivity contribution in [3.63, 3.8) is 0 Å². The van der Waals surface area contributed by atoms with Gasteiger partial charge in [-0.3, -0.25) is 14.2 Å². The number of benzene rings is 2. The van der Waals surface area contributed by atoms with Crippen LogP contribution >= 0.6 is 11.8 Å². The summed E-state index contributed by atoms with van der Waals surface area (Å²) in [5, 5.41) is 1.16. The fourth-order valence-corrected chi connectivity index (χ4v) is 4.15. The van der Waals surface area contributed by atoms with Gasteiger partial charge in [-0.2, -0.15) is 0 Å². The Labute approximate surface area is 161 Å². The average Bonchev–Trinajstić information content (AvgIpc) is 3.22. The lowest BCUT2D eigenvalue weighted by Gasteiger charge is -2.16. The molecule has 1 aromatic heterocycles. The molecule has 1 aliphatic heterocycles. The van der Waals surface area contributed by atoms with Gasteiger partial charge in [-0.1, -0.05) is 54.2 Å². The zero-order valence-corrected chi connectivity index (χ0v) is 15.7. The standard InChI is InChI=1S/C21H20N2O3S/c24-19(15-7-2-1-3-8-15)14-27-21-22-18-11-5-4-10-17(18)20(25)23(21)13-16-9-6-12-26-16/h1-5,7-8,10-11,16H,6,9,12-14H2/t16-/m0/s1. The molecule has 3 aromatic rings. The number of fused-ring (bicyclic) bond motifs is 1. The van der Waals surface area contributed by atoms with Crippen molar-refractivity contribution in [3.05, 3.63) is 70.5 Å². The van der Waals surface area contributed by atoms with E-state index in [0.717, 1.165) is 19.4 Å². The van der Waals surface area contributed by atoms with Crippen LogP contribution in [-0.2, 0) is 11.3 Å². The van der Waals surface area contributed by atoms with Gasteiger partial charge in [0.25, 0.3) is 5.56 Å². The maximum atomic E-state index is 13.0. The highest BCUT2D eigenvalue weighted by molar-refractivity contribution is 7.99. The van der Waals surface area contributed by atoms with Crippen LogP contribution in [0.4, 0.5) is 0 Å². The molecule has 2 heterocycles. The smallest absolute Gasteiger partial charge is 0.262 e. The van der Waals surface area contributed by atoms with Gasteiger partial charge >= 0.3 is 0 Å². The lowest BCUT2D eigenvalue weighted by molar-refractivity contribution is 0.0937. The third-order valence-electron chi connectivity index (χ3n) is 4.66. The molecule has 1 fully saturated rings. The molecule has 0 radical (unpaired) electrons. The second-order valence-electron chi connectivity index (χ2n) is 6.54. The highest BCUT2D eigenvalue weighted by Gasteiger charge is 2.20. The van der Waals surface area contributed by atoms with Crippen molar-refractivity contribution in [1.82, 2.24) is 9.55 Å².